The fourth-order valence-electron chi connectivity index (χ4n) is 3.53. The van der Waals surface area contributed by atoms with Crippen LogP contribution in [-0.4, -0.2) is 10.1 Å². The van der Waals surface area contributed by atoms with E-state index in [2.05, 4.69) is 11.9 Å². The number of nitrogens with two attached hydrogens (primary N) is 1. The molecular formula is C16H26N2O. The highest BCUT2D eigenvalue weighted by molar-refractivity contribution is 5.47. The first-order valence-corrected chi connectivity index (χ1v) is 7.51. The Kier molecular flexibility index (Phi) is 4.46. The molecule has 1 heterocycles. The summed E-state index contributed by atoms with van der Waals surface area (Å²) in [6.07, 6.45) is 9.25. The average molecular weight is 262 g/mol. The summed E-state index contributed by atoms with van der Waals surface area (Å²) < 4.78 is 0. The molecule has 1 aliphatic carbocycles. The molecule has 2 rings (SSSR count). The third kappa shape index (κ3) is 3.08. The van der Waals surface area contributed by atoms with Crippen LogP contribution in [0.4, 0.5) is 5.82 Å². The van der Waals surface area contributed by atoms with Crippen LogP contribution in [0, 0.1) is 12.8 Å². The highest BCUT2D eigenvalue weighted by Gasteiger charge is 2.35. The van der Waals surface area contributed by atoms with E-state index in [1.807, 2.05) is 13.0 Å². The predicted molar refractivity (Wildman–Crippen MR) is 78.8 cm³/mol. The largest absolute Gasteiger partial charge is 0.385 e. The topological polar surface area (TPSA) is 59.1 Å². The highest BCUT2D eigenvalue weighted by Crippen LogP contribution is 2.41. The Hall–Kier alpha value is -1.09. The molecule has 19 heavy (non-hydrogen) atoms. The SMILES string of the molecule is CCCC1CCCC(O)(c2c(C)ccnc2N)CC1. The third-order valence-electron chi connectivity index (χ3n) is 4.52. The van der Waals surface area contributed by atoms with Crippen molar-refractivity contribution in [2.24, 2.45) is 5.92 Å². The quantitative estimate of drug-likeness (QED) is 0.819. The second-order valence-electron chi connectivity index (χ2n) is 6.01. The van der Waals surface area contributed by atoms with Crippen LogP contribution in [-0.2, 0) is 5.60 Å². The van der Waals surface area contributed by atoms with Crippen LogP contribution < -0.4 is 5.73 Å². The van der Waals surface area contributed by atoms with E-state index < -0.39 is 5.60 Å². The molecule has 0 amide bonds. The second kappa shape index (κ2) is 5.91. The van der Waals surface area contributed by atoms with Crippen LogP contribution >= 0.6 is 0 Å². The fraction of sp³-hybridized carbons (Fsp3) is 0.688. The van der Waals surface area contributed by atoms with Crippen LogP contribution in [0.1, 0.15) is 63.0 Å². The van der Waals surface area contributed by atoms with E-state index in [0.717, 1.165) is 42.7 Å². The van der Waals surface area contributed by atoms with Gasteiger partial charge in [0.05, 0.1) is 5.60 Å². The standard InChI is InChI=1S/C16H26N2O/c1-3-5-13-6-4-9-16(19,10-7-13)14-12(2)8-11-18-15(14)17/h8,11,13,19H,3-7,9-10H2,1-2H3,(H2,17,18). The lowest BCUT2D eigenvalue weighted by Gasteiger charge is -2.29. The van der Waals surface area contributed by atoms with Gasteiger partial charge in [0.2, 0.25) is 0 Å². The van der Waals surface area contributed by atoms with Crippen LogP contribution in [0.3, 0.4) is 0 Å². The zero-order valence-corrected chi connectivity index (χ0v) is 12.2. The summed E-state index contributed by atoms with van der Waals surface area (Å²) >= 11 is 0. The lowest BCUT2D eigenvalue weighted by Crippen LogP contribution is -2.27. The fourth-order valence-corrected chi connectivity index (χ4v) is 3.53. The molecular weight excluding hydrogens is 236 g/mol. The smallest absolute Gasteiger partial charge is 0.129 e. The molecule has 3 heteroatoms. The van der Waals surface area contributed by atoms with Gasteiger partial charge >= 0.3 is 0 Å². The van der Waals surface area contributed by atoms with E-state index >= 15 is 0 Å². The molecule has 0 bridgehead atoms. The van der Waals surface area contributed by atoms with Crippen LogP contribution in [0.25, 0.3) is 0 Å². The van der Waals surface area contributed by atoms with E-state index in [4.69, 9.17) is 5.73 Å². The first kappa shape index (κ1) is 14.3. The second-order valence-corrected chi connectivity index (χ2v) is 6.01. The summed E-state index contributed by atoms with van der Waals surface area (Å²) in [7, 11) is 0. The van der Waals surface area contributed by atoms with Crippen molar-refractivity contribution in [1.29, 1.82) is 0 Å². The Labute approximate surface area is 116 Å². The predicted octanol–water partition coefficient (Wildman–Crippen LogP) is 3.54. The zero-order valence-electron chi connectivity index (χ0n) is 12.2. The summed E-state index contributed by atoms with van der Waals surface area (Å²) in [5.74, 6) is 1.26. The number of nitrogen functional groups attached to an aromatic ring is 1. The minimum atomic E-state index is -0.773. The van der Waals surface area contributed by atoms with Gasteiger partial charge in [0.1, 0.15) is 5.82 Å². The van der Waals surface area contributed by atoms with Crippen LogP contribution in [0.15, 0.2) is 12.3 Å². The van der Waals surface area contributed by atoms with Crippen molar-refractivity contribution >= 4 is 5.82 Å². The number of nitrogens with zero attached hydrogens (tertiary/aromatic N) is 1. The molecule has 0 aliphatic heterocycles. The molecule has 0 radical (unpaired) electrons. The Morgan fingerprint density at radius 2 is 2.21 bits per heavy atom. The molecule has 1 fully saturated rings. The molecule has 2 unspecified atom stereocenters. The number of aryl methyl sites for hydroxylation is 1. The van der Waals surface area contributed by atoms with Crippen LogP contribution in [0.2, 0.25) is 0 Å². The van der Waals surface area contributed by atoms with Crippen molar-refractivity contribution in [1.82, 2.24) is 4.98 Å². The lowest BCUT2D eigenvalue weighted by atomic mass is 9.84. The number of hydrogen-bond donors (Lipinski definition) is 2. The van der Waals surface area contributed by atoms with Crippen molar-refractivity contribution in [3.63, 3.8) is 0 Å². The summed E-state index contributed by atoms with van der Waals surface area (Å²) in [6.45, 7) is 4.25. The van der Waals surface area contributed by atoms with Crippen molar-refractivity contribution in [3.8, 4) is 0 Å². The van der Waals surface area contributed by atoms with Gasteiger partial charge in [0, 0.05) is 11.8 Å². The molecule has 1 aliphatic rings. The Balaban J connectivity index is 2.23. The Bertz CT molecular complexity index is 413. The molecule has 2 atom stereocenters. The van der Waals surface area contributed by atoms with Gasteiger partial charge in [0.25, 0.3) is 0 Å². The van der Waals surface area contributed by atoms with E-state index in [1.54, 1.807) is 6.20 Å². The van der Waals surface area contributed by atoms with Gasteiger partial charge in [-0.3, -0.25) is 0 Å². The van der Waals surface area contributed by atoms with Gasteiger partial charge in [-0.15, -0.1) is 0 Å². The monoisotopic (exact) mass is 262 g/mol. The van der Waals surface area contributed by atoms with Crippen molar-refractivity contribution in [2.75, 3.05) is 5.73 Å². The summed E-state index contributed by atoms with van der Waals surface area (Å²) in [4.78, 5) is 4.16. The number of aromatic nitrogens is 1. The average Bonchev–Trinajstić information content (AvgIpc) is 2.53. The summed E-state index contributed by atoms with van der Waals surface area (Å²) in [5.41, 5.74) is 7.16. The third-order valence-corrected chi connectivity index (χ3v) is 4.52. The van der Waals surface area contributed by atoms with E-state index in [-0.39, 0.29) is 0 Å². The van der Waals surface area contributed by atoms with Crippen molar-refractivity contribution < 1.29 is 5.11 Å². The van der Waals surface area contributed by atoms with Crippen molar-refractivity contribution in [2.45, 2.75) is 64.4 Å². The molecule has 1 aromatic heterocycles. The number of pyridine rings is 1. The first-order chi connectivity index (χ1) is 9.07. The minimum Gasteiger partial charge on any atom is -0.385 e. The normalized spacial score (nSPS) is 28.1. The van der Waals surface area contributed by atoms with Gasteiger partial charge < -0.3 is 10.8 Å². The van der Waals surface area contributed by atoms with Gasteiger partial charge in [-0.2, -0.15) is 0 Å². The molecule has 0 aromatic carbocycles. The number of hydrogen-bond acceptors (Lipinski definition) is 3. The van der Waals surface area contributed by atoms with E-state index in [0.29, 0.717) is 5.82 Å². The zero-order chi connectivity index (χ0) is 13.9. The van der Waals surface area contributed by atoms with Gasteiger partial charge in [-0.25, -0.2) is 4.98 Å². The number of rotatable bonds is 3. The molecule has 3 nitrogen and oxygen atoms in total. The maximum Gasteiger partial charge on any atom is 0.129 e. The Morgan fingerprint density at radius 1 is 1.42 bits per heavy atom. The first-order valence-electron chi connectivity index (χ1n) is 7.51. The van der Waals surface area contributed by atoms with E-state index in [1.165, 1.54) is 19.3 Å². The van der Waals surface area contributed by atoms with Crippen LogP contribution in [0.5, 0.6) is 0 Å². The molecule has 1 saturated carbocycles. The van der Waals surface area contributed by atoms with Crippen molar-refractivity contribution in [3.05, 3.63) is 23.4 Å². The molecule has 3 N–H and O–H groups in total. The molecule has 1 aromatic rings. The highest BCUT2D eigenvalue weighted by atomic mass is 16.3. The molecule has 106 valence electrons. The van der Waals surface area contributed by atoms with Gasteiger partial charge in [-0.1, -0.05) is 26.2 Å². The summed E-state index contributed by atoms with van der Waals surface area (Å²) in [5, 5.41) is 11.1. The lowest BCUT2D eigenvalue weighted by molar-refractivity contribution is 0.0194. The number of anilines is 1. The number of aliphatic hydroxyl groups is 1. The maximum atomic E-state index is 11.1. The van der Waals surface area contributed by atoms with E-state index in [9.17, 15) is 5.11 Å². The molecule has 0 spiro atoms. The van der Waals surface area contributed by atoms with Gasteiger partial charge in [0.15, 0.2) is 0 Å². The Morgan fingerprint density at radius 3 is 2.89 bits per heavy atom. The minimum absolute atomic E-state index is 0.497. The summed E-state index contributed by atoms with van der Waals surface area (Å²) in [6, 6.07) is 1.94. The maximum absolute atomic E-state index is 11.1. The molecule has 0 saturated heterocycles. The van der Waals surface area contributed by atoms with Gasteiger partial charge in [-0.05, 0) is 50.2 Å².